The molecular weight excluding hydrogens is 399 g/mol. The minimum Gasteiger partial charge on any atom is -0.381 e. The zero-order chi connectivity index (χ0) is 22.4. The summed E-state index contributed by atoms with van der Waals surface area (Å²) >= 11 is 0. The van der Waals surface area contributed by atoms with Gasteiger partial charge in [0, 0.05) is 37.9 Å². The molecule has 4 atom stereocenters. The van der Waals surface area contributed by atoms with Crippen molar-refractivity contribution >= 4 is 5.91 Å². The van der Waals surface area contributed by atoms with Gasteiger partial charge in [0.15, 0.2) is 0 Å². The van der Waals surface area contributed by atoms with E-state index in [0.717, 1.165) is 43.9 Å². The quantitative estimate of drug-likeness (QED) is 0.612. The van der Waals surface area contributed by atoms with Crippen LogP contribution in [0.2, 0.25) is 0 Å². The molecule has 3 unspecified atom stereocenters. The molecule has 0 bridgehead atoms. The first kappa shape index (κ1) is 25.4. The van der Waals surface area contributed by atoms with Crippen molar-refractivity contribution in [3.63, 3.8) is 0 Å². The Labute approximate surface area is 178 Å². The van der Waals surface area contributed by atoms with Crippen LogP contribution in [-0.4, -0.2) is 80.2 Å². The number of halogens is 3. The van der Waals surface area contributed by atoms with Crippen LogP contribution in [0.3, 0.4) is 0 Å². The first-order valence-corrected chi connectivity index (χ1v) is 11.0. The molecule has 2 aliphatic rings. The maximum atomic E-state index is 13.2. The summed E-state index contributed by atoms with van der Waals surface area (Å²) in [5, 5.41) is 6.63. The van der Waals surface area contributed by atoms with Gasteiger partial charge in [-0.2, -0.15) is 13.2 Å². The van der Waals surface area contributed by atoms with Crippen molar-refractivity contribution in [2.75, 3.05) is 39.5 Å². The van der Waals surface area contributed by atoms with Gasteiger partial charge in [0.25, 0.3) is 0 Å². The van der Waals surface area contributed by atoms with Crippen LogP contribution < -0.4 is 10.6 Å². The molecule has 176 valence electrons. The molecule has 2 rings (SSSR count). The minimum atomic E-state index is -4.88. The number of carbonyl (C=O) groups is 1. The van der Waals surface area contributed by atoms with Gasteiger partial charge in [-0.3, -0.25) is 4.79 Å². The van der Waals surface area contributed by atoms with Gasteiger partial charge in [-0.1, -0.05) is 0 Å². The Morgan fingerprint density at radius 3 is 2.57 bits per heavy atom. The van der Waals surface area contributed by atoms with Crippen molar-refractivity contribution in [2.45, 2.75) is 83.3 Å². The number of hydrogen-bond acceptors (Lipinski definition) is 5. The van der Waals surface area contributed by atoms with Crippen molar-refractivity contribution in [1.29, 1.82) is 0 Å². The van der Waals surface area contributed by atoms with E-state index in [1.54, 1.807) is 0 Å². The Balaban J connectivity index is 1.87. The minimum absolute atomic E-state index is 0.0177. The lowest BCUT2D eigenvalue weighted by molar-refractivity contribution is -0.196. The van der Waals surface area contributed by atoms with Gasteiger partial charge in [-0.25, -0.2) is 0 Å². The van der Waals surface area contributed by atoms with E-state index in [1.807, 2.05) is 27.7 Å². The number of alkyl halides is 3. The molecule has 0 aromatic carbocycles. The average molecular weight is 438 g/mol. The van der Waals surface area contributed by atoms with Gasteiger partial charge in [0.1, 0.15) is 0 Å². The molecule has 2 saturated heterocycles. The fourth-order valence-corrected chi connectivity index (χ4v) is 3.97. The number of hydrogen-bond donors (Lipinski definition) is 2. The third-order valence-electron chi connectivity index (χ3n) is 5.65. The van der Waals surface area contributed by atoms with Gasteiger partial charge in [0.05, 0.1) is 18.8 Å². The largest absolute Gasteiger partial charge is 0.471 e. The summed E-state index contributed by atoms with van der Waals surface area (Å²) in [6.07, 6.45) is -1.69. The average Bonchev–Trinajstić information content (AvgIpc) is 2.66. The molecule has 9 heteroatoms. The van der Waals surface area contributed by atoms with E-state index in [9.17, 15) is 18.0 Å². The molecule has 2 heterocycles. The summed E-state index contributed by atoms with van der Waals surface area (Å²) in [6, 6.07) is -0.610. The highest BCUT2D eigenvalue weighted by Crippen LogP contribution is 2.25. The highest BCUT2D eigenvalue weighted by molar-refractivity contribution is 5.82. The van der Waals surface area contributed by atoms with E-state index >= 15 is 0 Å². The Morgan fingerprint density at radius 1 is 1.23 bits per heavy atom. The summed E-state index contributed by atoms with van der Waals surface area (Å²) in [5.41, 5.74) is -0.180. The zero-order valence-electron chi connectivity index (χ0n) is 18.7. The lowest BCUT2D eigenvalue weighted by Crippen LogP contribution is -2.59. The predicted octanol–water partition coefficient (Wildman–Crippen LogP) is 2.72. The number of morpholine rings is 1. The molecule has 0 saturated carbocycles. The number of rotatable bonds is 8. The fourth-order valence-electron chi connectivity index (χ4n) is 3.97. The van der Waals surface area contributed by atoms with Crippen LogP contribution in [0.1, 0.15) is 53.4 Å². The van der Waals surface area contributed by atoms with Crippen LogP contribution in [0, 0.1) is 5.92 Å². The molecule has 2 N–H and O–H groups in total. The highest BCUT2D eigenvalue weighted by atomic mass is 19.4. The van der Waals surface area contributed by atoms with Crippen molar-refractivity contribution < 1.29 is 27.4 Å². The van der Waals surface area contributed by atoms with E-state index in [1.165, 1.54) is 0 Å². The van der Waals surface area contributed by atoms with Crippen molar-refractivity contribution in [3.05, 3.63) is 0 Å². The predicted molar refractivity (Wildman–Crippen MR) is 109 cm³/mol. The van der Waals surface area contributed by atoms with Crippen LogP contribution in [-0.2, 0) is 14.3 Å². The zero-order valence-corrected chi connectivity index (χ0v) is 18.7. The molecule has 30 heavy (non-hydrogen) atoms. The second-order valence-electron chi connectivity index (χ2n) is 9.66. The number of nitrogens with zero attached hydrogens (tertiary/aromatic N) is 1. The van der Waals surface area contributed by atoms with Gasteiger partial charge in [-0.05, 0) is 65.8 Å². The summed E-state index contributed by atoms with van der Waals surface area (Å²) < 4.78 is 50.8. The molecule has 0 radical (unpaired) electrons. The lowest BCUT2D eigenvalue weighted by atomic mass is 9.98. The third kappa shape index (κ3) is 8.69. The second-order valence-corrected chi connectivity index (χ2v) is 9.66. The van der Waals surface area contributed by atoms with Crippen molar-refractivity contribution in [3.8, 4) is 0 Å². The summed E-state index contributed by atoms with van der Waals surface area (Å²) in [5.74, 6) is -1.24. The van der Waals surface area contributed by atoms with Crippen LogP contribution >= 0.6 is 0 Å². The SMILES string of the molecule is CC(CC1CO[C@H](CNC(C)(C)C)CN1C(=O)C(F)(F)F)NCCC1CCCOC1. The van der Waals surface area contributed by atoms with Crippen molar-refractivity contribution in [2.24, 2.45) is 5.92 Å². The van der Waals surface area contributed by atoms with Crippen LogP contribution in [0.15, 0.2) is 0 Å². The maximum Gasteiger partial charge on any atom is 0.471 e. The molecule has 0 aromatic heterocycles. The molecule has 1 amide bonds. The van der Waals surface area contributed by atoms with Crippen LogP contribution in [0.4, 0.5) is 13.2 Å². The number of nitrogens with one attached hydrogen (secondary N) is 2. The van der Waals surface area contributed by atoms with Crippen LogP contribution in [0.5, 0.6) is 0 Å². The number of carbonyl (C=O) groups excluding carboxylic acids is 1. The van der Waals surface area contributed by atoms with E-state index in [2.05, 4.69) is 10.6 Å². The molecule has 0 aliphatic carbocycles. The Kier molecular flexibility index (Phi) is 9.39. The normalized spacial score (nSPS) is 27.2. The van der Waals surface area contributed by atoms with Crippen LogP contribution in [0.25, 0.3) is 0 Å². The van der Waals surface area contributed by atoms with Crippen molar-refractivity contribution in [1.82, 2.24) is 15.5 Å². The van der Waals surface area contributed by atoms with E-state index in [0.29, 0.717) is 18.9 Å². The number of amides is 1. The monoisotopic (exact) mass is 437 g/mol. The van der Waals surface area contributed by atoms with E-state index in [4.69, 9.17) is 9.47 Å². The molecule has 0 spiro atoms. The van der Waals surface area contributed by atoms with E-state index < -0.39 is 24.2 Å². The van der Waals surface area contributed by atoms with Gasteiger partial charge < -0.3 is 25.0 Å². The Bertz CT molecular complexity index is 534. The van der Waals surface area contributed by atoms with Gasteiger partial charge in [-0.15, -0.1) is 0 Å². The lowest BCUT2D eigenvalue weighted by Gasteiger charge is -2.41. The van der Waals surface area contributed by atoms with Gasteiger partial charge >= 0.3 is 12.1 Å². The summed E-state index contributed by atoms with van der Waals surface area (Å²) in [4.78, 5) is 13.0. The molecule has 2 aliphatic heterocycles. The first-order valence-electron chi connectivity index (χ1n) is 11.0. The molecule has 6 nitrogen and oxygen atoms in total. The summed E-state index contributed by atoms with van der Waals surface area (Å²) in [6.45, 7) is 10.7. The Hall–Kier alpha value is -0.900. The van der Waals surface area contributed by atoms with E-state index in [-0.39, 0.29) is 24.7 Å². The highest BCUT2D eigenvalue weighted by Gasteiger charge is 2.47. The molecule has 0 aromatic rings. The standard InChI is InChI=1S/C21H38F3N3O3/c1-15(25-8-7-16-6-5-9-29-13-16)10-17-14-30-18(11-26-20(2,3)4)12-27(17)19(28)21(22,23)24/h15-18,25-26H,5-14H2,1-4H3/t15?,16?,17?,18-/m1/s1. The maximum absolute atomic E-state index is 13.2. The Morgan fingerprint density at radius 2 is 1.97 bits per heavy atom. The smallest absolute Gasteiger partial charge is 0.381 e. The van der Waals surface area contributed by atoms with Gasteiger partial charge in [0.2, 0.25) is 0 Å². The second kappa shape index (κ2) is 11.1. The summed E-state index contributed by atoms with van der Waals surface area (Å²) in [7, 11) is 0. The molecule has 2 fully saturated rings. The molecular formula is C21H38F3N3O3. The first-order chi connectivity index (χ1) is 14.0. The number of ether oxygens (including phenoxy) is 2. The topological polar surface area (TPSA) is 62.8 Å². The fraction of sp³-hybridized carbons (Fsp3) is 0.952. The third-order valence-corrected chi connectivity index (χ3v) is 5.65.